The van der Waals surface area contributed by atoms with Crippen LogP contribution in [0, 0.1) is 0 Å². The first-order valence-corrected chi connectivity index (χ1v) is 4.96. The van der Waals surface area contributed by atoms with Gasteiger partial charge >= 0.3 is 0 Å². The lowest BCUT2D eigenvalue weighted by Gasteiger charge is -2.10. The molecule has 0 unspecified atom stereocenters. The molecule has 82 valence electrons. The first kappa shape index (κ1) is 10.4. The Hall–Kier alpha value is -2.10. The van der Waals surface area contributed by atoms with Gasteiger partial charge in [-0.25, -0.2) is 0 Å². The summed E-state index contributed by atoms with van der Waals surface area (Å²) in [6.07, 6.45) is 1.37. The molecule has 4 nitrogen and oxygen atoms in total. The van der Waals surface area contributed by atoms with Gasteiger partial charge in [-0.05, 0) is 6.07 Å². The SMILES string of the molecule is CNc1ccccc1C1=CC(=O)N(C)C1=O. The van der Waals surface area contributed by atoms with Crippen LogP contribution in [0.2, 0.25) is 0 Å². The predicted octanol–water partition coefficient (Wildman–Crippen LogP) is 1.11. The molecule has 1 N–H and O–H groups in total. The number of carbonyl (C=O) groups is 2. The zero-order valence-electron chi connectivity index (χ0n) is 9.15. The van der Waals surface area contributed by atoms with Crippen molar-refractivity contribution in [3.8, 4) is 0 Å². The predicted molar refractivity (Wildman–Crippen MR) is 61.7 cm³/mol. The Morgan fingerprint density at radius 1 is 1.19 bits per heavy atom. The quantitative estimate of drug-likeness (QED) is 0.753. The van der Waals surface area contributed by atoms with Crippen LogP contribution in [0.25, 0.3) is 5.57 Å². The maximum Gasteiger partial charge on any atom is 0.261 e. The molecule has 0 bridgehead atoms. The molecule has 1 aromatic carbocycles. The van der Waals surface area contributed by atoms with Gasteiger partial charge in [0.2, 0.25) is 0 Å². The third kappa shape index (κ3) is 1.48. The molecular formula is C12H12N2O2. The van der Waals surface area contributed by atoms with E-state index in [2.05, 4.69) is 5.32 Å². The summed E-state index contributed by atoms with van der Waals surface area (Å²) in [5.74, 6) is -0.529. The maximum atomic E-state index is 11.8. The van der Waals surface area contributed by atoms with Crippen molar-refractivity contribution in [2.24, 2.45) is 0 Å². The highest BCUT2D eigenvalue weighted by Crippen LogP contribution is 2.28. The van der Waals surface area contributed by atoms with Crippen molar-refractivity contribution in [2.75, 3.05) is 19.4 Å². The van der Waals surface area contributed by atoms with Gasteiger partial charge in [0.05, 0.1) is 5.57 Å². The van der Waals surface area contributed by atoms with E-state index in [0.29, 0.717) is 5.57 Å². The lowest BCUT2D eigenvalue weighted by atomic mass is 10.0. The molecule has 2 amide bonds. The number of likely N-dealkylation sites (N-methyl/N-ethyl adjacent to an activating group) is 1. The normalized spacial score (nSPS) is 15.4. The minimum absolute atomic E-state index is 0.257. The number of anilines is 1. The van der Waals surface area contributed by atoms with Gasteiger partial charge in [-0.1, -0.05) is 18.2 Å². The molecule has 0 spiro atoms. The Bertz CT molecular complexity index is 492. The Kier molecular flexibility index (Phi) is 2.48. The summed E-state index contributed by atoms with van der Waals surface area (Å²) in [6.45, 7) is 0. The van der Waals surface area contributed by atoms with Crippen LogP contribution >= 0.6 is 0 Å². The standard InChI is InChI=1S/C12H12N2O2/c1-13-10-6-4-3-5-8(10)9-7-11(15)14(2)12(9)16/h3-7,13H,1-2H3. The third-order valence-corrected chi connectivity index (χ3v) is 2.62. The number of nitrogens with one attached hydrogen (secondary N) is 1. The maximum absolute atomic E-state index is 11.8. The first-order valence-electron chi connectivity index (χ1n) is 4.96. The first-order chi connectivity index (χ1) is 7.65. The van der Waals surface area contributed by atoms with E-state index in [4.69, 9.17) is 0 Å². The number of rotatable bonds is 2. The number of benzene rings is 1. The summed E-state index contributed by atoms with van der Waals surface area (Å²) in [7, 11) is 3.26. The van der Waals surface area contributed by atoms with Crippen LogP contribution in [0.15, 0.2) is 30.3 Å². The van der Waals surface area contributed by atoms with Crippen LogP contribution in [-0.4, -0.2) is 30.8 Å². The van der Waals surface area contributed by atoms with E-state index in [9.17, 15) is 9.59 Å². The summed E-state index contributed by atoms with van der Waals surface area (Å²) >= 11 is 0. The van der Waals surface area contributed by atoms with Crippen molar-refractivity contribution < 1.29 is 9.59 Å². The van der Waals surface area contributed by atoms with Crippen molar-refractivity contribution in [1.82, 2.24) is 4.90 Å². The fourth-order valence-corrected chi connectivity index (χ4v) is 1.69. The van der Waals surface area contributed by atoms with Crippen molar-refractivity contribution in [1.29, 1.82) is 0 Å². The van der Waals surface area contributed by atoms with Crippen LogP contribution in [0.3, 0.4) is 0 Å². The summed E-state index contributed by atoms with van der Waals surface area (Å²) < 4.78 is 0. The second kappa shape index (κ2) is 3.81. The largest absolute Gasteiger partial charge is 0.388 e. The van der Waals surface area contributed by atoms with Crippen LogP contribution in [0.1, 0.15) is 5.56 Å². The van der Waals surface area contributed by atoms with E-state index < -0.39 is 0 Å². The van der Waals surface area contributed by atoms with Gasteiger partial charge in [-0.15, -0.1) is 0 Å². The Balaban J connectivity index is 2.50. The van der Waals surface area contributed by atoms with E-state index in [1.54, 1.807) is 7.05 Å². The number of hydrogen-bond donors (Lipinski definition) is 1. The highest BCUT2D eigenvalue weighted by molar-refractivity contribution is 6.34. The van der Waals surface area contributed by atoms with Crippen LogP contribution < -0.4 is 5.32 Å². The smallest absolute Gasteiger partial charge is 0.261 e. The summed E-state index contributed by atoms with van der Waals surface area (Å²) in [5, 5.41) is 3.00. The summed E-state index contributed by atoms with van der Waals surface area (Å²) in [6, 6.07) is 7.40. The van der Waals surface area contributed by atoms with Gasteiger partial charge in [-0.2, -0.15) is 0 Å². The average Bonchev–Trinajstić information content (AvgIpc) is 2.57. The second-order valence-corrected chi connectivity index (χ2v) is 3.56. The van der Waals surface area contributed by atoms with Crippen LogP contribution in [-0.2, 0) is 9.59 Å². The minimum atomic E-state index is -0.272. The third-order valence-electron chi connectivity index (χ3n) is 2.62. The van der Waals surface area contributed by atoms with Gasteiger partial charge < -0.3 is 5.32 Å². The van der Waals surface area contributed by atoms with Crippen molar-refractivity contribution in [2.45, 2.75) is 0 Å². The highest BCUT2D eigenvalue weighted by Gasteiger charge is 2.29. The summed E-state index contributed by atoms with van der Waals surface area (Å²) in [5.41, 5.74) is 2.04. The topological polar surface area (TPSA) is 49.4 Å². The molecule has 1 aliphatic heterocycles. The monoisotopic (exact) mass is 216 g/mol. The number of imide groups is 1. The van der Waals surface area contributed by atoms with E-state index in [0.717, 1.165) is 16.2 Å². The number of para-hydroxylation sites is 1. The number of carbonyl (C=O) groups excluding carboxylic acids is 2. The number of nitrogens with zero attached hydrogens (tertiary/aromatic N) is 1. The second-order valence-electron chi connectivity index (χ2n) is 3.56. The Morgan fingerprint density at radius 3 is 2.44 bits per heavy atom. The minimum Gasteiger partial charge on any atom is -0.388 e. The lowest BCUT2D eigenvalue weighted by Crippen LogP contribution is -2.25. The van der Waals surface area contributed by atoms with Crippen molar-refractivity contribution in [3.05, 3.63) is 35.9 Å². The molecule has 0 radical (unpaired) electrons. The fourth-order valence-electron chi connectivity index (χ4n) is 1.69. The zero-order valence-corrected chi connectivity index (χ0v) is 9.15. The van der Waals surface area contributed by atoms with Gasteiger partial charge in [0.15, 0.2) is 0 Å². The molecule has 0 saturated carbocycles. The molecule has 1 aliphatic rings. The lowest BCUT2D eigenvalue weighted by molar-refractivity contribution is -0.134. The Labute approximate surface area is 93.6 Å². The van der Waals surface area contributed by atoms with Gasteiger partial charge in [0, 0.05) is 31.4 Å². The van der Waals surface area contributed by atoms with E-state index in [-0.39, 0.29) is 11.8 Å². The fraction of sp³-hybridized carbons (Fsp3) is 0.167. The van der Waals surface area contributed by atoms with Gasteiger partial charge in [0.1, 0.15) is 0 Å². The molecule has 0 fully saturated rings. The van der Waals surface area contributed by atoms with Crippen molar-refractivity contribution >= 4 is 23.1 Å². The molecule has 0 aromatic heterocycles. The van der Waals surface area contributed by atoms with Crippen molar-refractivity contribution in [3.63, 3.8) is 0 Å². The number of hydrogen-bond acceptors (Lipinski definition) is 3. The van der Waals surface area contributed by atoms with Crippen LogP contribution in [0.5, 0.6) is 0 Å². The summed E-state index contributed by atoms with van der Waals surface area (Å²) in [4.78, 5) is 24.3. The highest BCUT2D eigenvalue weighted by atomic mass is 16.2. The number of amides is 2. The molecule has 0 aliphatic carbocycles. The molecule has 4 heteroatoms. The molecule has 1 heterocycles. The van der Waals surface area contributed by atoms with Gasteiger partial charge in [0.25, 0.3) is 11.8 Å². The average molecular weight is 216 g/mol. The molecule has 0 saturated heterocycles. The molecule has 0 atom stereocenters. The molecular weight excluding hydrogens is 204 g/mol. The molecule has 16 heavy (non-hydrogen) atoms. The molecule has 2 rings (SSSR count). The van der Waals surface area contributed by atoms with E-state index >= 15 is 0 Å². The molecule has 1 aromatic rings. The van der Waals surface area contributed by atoms with E-state index in [1.165, 1.54) is 13.1 Å². The Morgan fingerprint density at radius 2 is 1.88 bits per heavy atom. The van der Waals surface area contributed by atoms with E-state index in [1.807, 2.05) is 24.3 Å². The zero-order chi connectivity index (χ0) is 11.7. The van der Waals surface area contributed by atoms with Gasteiger partial charge in [-0.3, -0.25) is 14.5 Å². The van der Waals surface area contributed by atoms with Crippen LogP contribution in [0.4, 0.5) is 5.69 Å².